The minimum atomic E-state index is -0.639. The summed E-state index contributed by atoms with van der Waals surface area (Å²) in [4.78, 5) is 39.4. The van der Waals surface area contributed by atoms with E-state index in [9.17, 15) is 14.4 Å². The van der Waals surface area contributed by atoms with Crippen LogP contribution in [0.25, 0.3) is 0 Å². The summed E-state index contributed by atoms with van der Waals surface area (Å²) in [5, 5.41) is 5.86. The highest BCUT2D eigenvalue weighted by Gasteiger charge is 2.39. The van der Waals surface area contributed by atoms with Crippen molar-refractivity contribution in [3.8, 4) is 11.5 Å². The molecule has 36 heavy (non-hydrogen) atoms. The summed E-state index contributed by atoms with van der Waals surface area (Å²) >= 11 is 12.2. The molecule has 4 rings (SSSR count). The molecule has 1 aliphatic rings. The van der Waals surface area contributed by atoms with Gasteiger partial charge in [0.25, 0.3) is 17.7 Å². The smallest absolute Gasteiger partial charge is 0.283 e. The molecule has 0 radical (unpaired) electrons. The second kappa shape index (κ2) is 10.7. The van der Waals surface area contributed by atoms with Crippen molar-refractivity contribution in [1.29, 1.82) is 0 Å². The molecule has 0 unspecified atom stereocenters. The van der Waals surface area contributed by atoms with E-state index in [1.807, 2.05) is 6.92 Å². The number of carbonyl (C=O) groups is 3. The predicted octanol–water partition coefficient (Wildman–Crippen LogP) is 5.44. The highest BCUT2D eigenvalue weighted by atomic mass is 35.5. The molecular weight excluding hydrogens is 505 g/mol. The van der Waals surface area contributed by atoms with Gasteiger partial charge in [0.15, 0.2) is 0 Å². The number of rotatable bonds is 8. The lowest BCUT2D eigenvalue weighted by molar-refractivity contribution is -0.120. The molecule has 0 saturated carbocycles. The number of imide groups is 1. The molecule has 1 aliphatic heterocycles. The highest BCUT2D eigenvalue weighted by molar-refractivity contribution is 6.53. The third-order valence-electron chi connectivity index (χ3n) is 5.26. The Bertz CT molecular complexity index is 1350. The molecule has 184 valence electrons. The number of methoxy groups -OCH3 is 1. The fourth-order valence-corrected chi connectivity index (χ4v) is 3.91. The molecule has 0 bridgehead atoms. The summed E-state index contributed by atoms with van der Waals surface area (Å²) < 4.78 is 10.6. The largest absolute Gasteiger partial charge is 0.495 e. The van der Waals surface area contributed by atoms with Crippen molar-refractivity contribution in [2.75, 3.05) is 29.3 Å². The lowest BCUT2D eigenvalue weighted by Gasteiger charge is -2.15. The first-order valence-electron chi connectivity index (χ1n) is 10.9. The molecule has 1 heterocycles. The van der Waals surface area contributed by atoms with Crippen LogP contribution in [-0.2, 0) is 9.59 Å². The summed E-state index contributed by atoms with van der Waals surface area (Å²) in [6, 6.07) is 17.8. The summed E-state index contributed by atoms with van der Waals surface area (Å²) in [5.74, 6) is -0.526. The number of benzene rings is 3. The van der Waals surface area contributed by atoms with Crippen LogP contribution >= 0.6 is 23.2 Å². The maximum Gasteiger partial charge on any atom is 0.283 e. The van der Waals surface area contributed by atoms with Gasteiger partial charge in [0.2, 0.25) is 0 Å². The zero-order valence-electron chi connectivity index (χ0n) is 19.3. The SMILES string of the molecule is CCOc1ccc(N2C(=O)C(Cl)=C(Nc3ccc(C(=O)Nc4cc(Cl)ccc4OC)cc3)C2=O)cc1. The van der Waals surface area contributed by atoms with E-state index in [4.69, 9.17) is 32.7 Å². The van der Waals surface area contributed by atoms with Gasteiger partial charge in [0, 0.05) is 16.3 Å². The van der Waals surface area contributed by atoms with Crippen LogP contribution in [0, 0.1) is 0 Å². The number of anilines is 3. The molecule has 0 fully saturated rings. The highest BCUT2D eigenvalue weighted by Crippen LogP contribution is 2.32. The van der Waals surface area contributed by atoms with E-state index in [0.29, 0.717) is 45.8 Å². The molecule has 3 aromatic carbocycles. The first kappa shape index (κ1) is 25.1. The molecule has 3 aromatic rings. The molecule has 3 amide bonds. The van der Waals surface area contributed by atoms with Crippen molar-refractivity contribution in [3.63, 3.8) is 0 Å². The van der Waals surface area contributed by atoms with Crippen LogP contribution in [0.5, 0.6) is 11.5 Å². The van der Waals surface area contributed by atoms with Gasteiger partial charge in [-0.1, -0.05) is 23.2 Å². The zero-order chi connectivity index (χ0) is 25.8. The Labute approximate surface area is 217 Å². The van der Waals surface area contributed by atoms with E-state index >= 15 is 0 Å². The van der Waals surface area contributed by atoms with Crippen molar-refractivity contribution < 1.29 is 23.9 Å². The molecule has 8 nitrogen and oxygen atoms in total. The Balaban J connectivity index is 1.47. The Morgan fingerprint density at radius 1 is 0.944 bits per heavy atom. The lowest BCUT2D eigenvalue weighted by Crippen LogP contribution is -2.32. The number of nitrogens with zero attached hydrogens (tertiary/aromatic N) is 1. The van der Waals surface area contributed by atoms with Crippen molar-refractivity contribution in [2.45, 2.75) is 6.92 Å². The van der Waals surface area contributed by atoms with Gasteiger partial charge in [-0.3, -0.25) is 14.4 Å². The standard InChI is InChI=1S/C26H21Cl2N3O5/c1-3-36-19-11-9-18(10-12-19)31-25(33)22(28)23(26(31)34)29-17-7-4-15(5-8-17)24(32)30-20-14-16(27)6-13-21(20)35-2/h4-14,29H,3H2,1-2H3,(H,30,32). The number of carbonyl (C=O) groups excluding carboxylic acids is 3. The molecule has 2 N–H and O–H groups in total. The zero-order valence-corrected chi connectivity index (χ0v) is 20.8. The van der Waals surface area contributed by atoms with Gasteiger partial charge in [0.1, 0.15) is 22.2 Å². The fourth-order valence-electron chi connectivity index (χ4n) is 3.53. The number of hydrogen-bond acceptors (Lipinski definition) is 6. The minimum Gasteiger partial charge on any atom is -0.495 e. The minimum absolute atomic E-state index is 0.0589. The van der Waals surface area contributed by atoms with Crippen LogP contribution in [0.2, 0.25) is 5.02 Å². The first-order valence-corrected chi connectivity index (χ1v) is 11.6. The third-order valence-corrected chi connectivity index (χ3v) is 5.85. The van der Waals surface area contributed by atoms with Gasteiger partial charge in [-0.05, 0) is 73.7 Å². The topological polar surface area (TPSA) is 97.0 Å². The molecule has 0 aromatic heterocycles. The average Bonchev–Trinajstić information content (AvgIpc) is 3.08. The van der Waals surface area contributed by atoms with Crippen molar-refractivity contribution in [1.82, 2.24) is 0 Å². The van der Waals surface area contributed by atoms with Crippen molar-refractivity contribution >= 4 is 58.0 Å². The van der Waals surface area contributed by atoms with Gasteiger partial charge < -0.3 is 20.1 Å². The molecule has 0 aliphatic carbocycles. The normalized spacial score (nSPS) is 13.2. The number of halogens is 2. The number of nitrogens with one attached hydrogen (secondary N) is 2. The summed E-state index contributed by atoms with van der Waals surface area (Å²) in [7, 11) is 1.49. The second-order valence-corrected chi connectivity index (χ2v) is 8.38. The van der Waals surface area contributed by atoms with Crippen molar-refractivity contribution in [2.24, 2.45) is 0 Å². The molecular formula is C26H21Cl2N3O5. The number of amides is 3. The van der Waals surface area contributed by atoms with Crippen LogP contribution in [0.1, 0.15) is 17.3 Å². The second-order valence-electron chi connectivity index (χ2n) is 7.56. The van der Waals surface area contributed by atoms with Crippen LogP contribution in [-0.4, -0.2) is 31.4 Å². The molecule has 0 spiro atoms. The Morgan fingerprint density at radius 3 is 2.28 bits per heavy atom. The van der Waals surface area contributed by atoms with Gasteiger partial charge >= 0.3 is 0 Å². The Morgan fingerprint density at radius 2 is 1.64 bits per heavy atom. The van der Waals surface area contributed by atoms with E-state index in [1.165, 1.54) is 7.11 Å². The quantitative estimate of drug-likeness (QED) is 0.380. The summed E-state index contributed by atoms with van der Waals surface area (Å²) in [5.41, 5.74) is 1.56. The van der Waals surface area contributed by atoms with Crippen LogP contribution < -0.4 is 25.0 Å². The molecule has 0 atom stereocenters. The van der Waals surface area contributed by atoms with Crippen molar-refractivity contribution in [3.05, 3.63) is 88.0 Å². The Hall–Kier alpha value is -4.01. The van der Waals surface area contributed by atoms with Gasteiger partial charge in [-0.2, -0.15) is 0 Å². The molecule has 10 heteroatoms. The maximum atomic E-state index is 13.0. The molecule has 0 saturated heterocycles. The number of hydrogen-bond donors (Lipinski definition) is 2. The van der Waals surface area contributed by atoms with Gasteiger partial charge in [-0.25, -0.2) is 4.90 Å². The van der Waals surface area contributed by atoms with Gasteiger partial charge in [-0.15, -0.1) is 0 Å². The monoisotopic (exact) mass is 525 g/mol. The maximum absolute atomic E-state index is 13.0. The predicted molar refractivity (Wildman–Crippen MR) is 139 cm³/mol. The van der Waals surface area contributed by atoms with Crippen LogP contribution in [0.3, 0.4) is 0 Å². The fraction of sp³-hybridized carbons (Fsp3) is 0.115. The van der Waals surface area contributed by atoms with E-state index < -0.39 is 11.8 Å². The van der Waals surface area contributed by atoms with E-state index in [1.54, 1.807) is 66.7 Å². The summed E-state index contributed by atoms with van der Waals surface area (Å²) in [6.45, 7) is 2.36. The van der Waals surface area contributed by atoms with E-state index in [0.717, 1.165) is 4.90 Å². The van der Waals surface area contributed by atoms with E-state index in [2.05, 4.69) is 10.6 Å². The van der Waals surface area contributed by atoms with E-state index in [-0.39, 0.29) is 16.6 Å². The van der Waals surface area contributed by atoms with Crippen LogP contribution in [0.4, 0.5) is 17.1 Å². The van der Waals surface area contributed by atoms with Gasteiger partial charge in [0.05, 0.1) is 25.1 Å². The first-order chi connectivity index (χ1) is 17.3. The third kappa shape index (κ3) is 5.15. The van der Waals surface area contributed by atoms with Crippen LogP contribution in [0.15, 0.2) is 77.5 Å². The number of ether oxygens (including phenoxy) is 2. The summed E-state index contributed by atoms with van der Waals surface area (Å²) in [6.07, 6.45) is 0. The lowest BCUT2D eigenvalue weighted by atomic mass is 10.1. The average molecular weight is 526 g/mol. The Kier molecular flexibility index (Phi) is 7.47.